The summed E-state index contributed by atoms with van der Waals surface area (Å²) in [5.41, 5.74) is 5.45. The molecular weight excluding hydrogens is 122 g/mol. The van der Waals surface area contributed by atoms with Crippen molar-refractivity contribution in [2.75, 3.05) is 0 Å². The molecule has 2 N–H and O–H groups in total. The van der Waals surface area contributed by atoms with Crippen molar-refractivity contribution in [1.29, 1.82) is 0 Å². The summed E-state index contributed by atoms with van der Waals surface area (Å²) in [7, 11) is 0. The number of hydrogen-bond acceptors (Lipinski definition) is 1. The van der Waals surface area contributed by atoms with E-state index in [1.165, 1.54) is 0 Å². The molecule has 1 saturated carbocycles. The SMILES string of the molecule is C#C[C@H]1C[C@H](N)C1.Cl. The molecule has 1 rings (SSSR count). The molecule has 0 saturated heterocycles. The zero-order valence-corrected chi connectivity index (χ0v) is 5.45. The van der Waals surface area contributed by atoms with Crippen LogP contribution in [0.4, 0.5) is 0 Å². The number of rotatable bonds is 0. The highest BCUT2D eigenvalue weighted by Gasteiger charge is 2.22. The minimum atomic E-state index is 0. The van der Waals surface area contributed by atoms with E-state index in [4.69, 9.17) is 12.2 Å². The highest BCUT2D eigenvalue weighted by atomic mass is 35.5. The quantitative estimate of drug-likeness (QED) is 0.483. The molecule has 0 aromatic carbocycles. The predicted molar refractivity (Wildman–Crippen MR) is 36.8 cm³/mol. The van der Waals surface area contributed by atoms with Gasteiger partial charge in [-0.1, -0.05) is 0 Å². The number of hydrogen-bond donors (Lipinski definition) is 1. The third-order valence-electron chi connectivity index (χ3n) is 1.41. The Kier molecular flexibility index (Phi) is 2.89. The first-order valence-corrected chi connectivity index (χ1v) is 2.54. The van der Waals surface area contributed by atoms with Gasteiger partial charge < -0.3 is 5.73 Å². The highest BCUT2D eigenvalue weighted by molar-refractivity contribution is 5.85. The summed E-state index contributed by atoms with van der Waals surface area (Å²) in [4.78, 5) is 0. The summed E-state index contributed by atoms with van der Waals surface area (Å²) >= 11 is 0. The van der Waals surface area contributed by atoms with Gasteiger partial charge in [0, 0.05) is 12.0 Å². The highest BCUT2D eigenvalue weighted by Crippen LogP contribution is 2.23. The molecule has 0 aromatic heterocycles. The van der Waals surface area contributed by atoms with Gasteiger partial charge in [-0.15, -0.1) is 24.8 Å². The second kappa shape index (κ2) is 2.96. The van der Waals surface area contributed by atoms with Gasteiger partial charge in [0.2, 0.25) is 0 Å². The first-order valence-electron chi connectivity index (χ1n) is 2.54. The molecule has 1 nitrogen and oxygen atoms in total. The smallest absolute Gasteiger partial charge is 0.0229 e. The van der Waals surface area contributed by atoms with Crippen LogP contribution in [0.15, 0.2) is 0 Å². The van der Waals surface area contributed by atoms with Crippen molar-refractivity contribution in [3.8, 4) is 12.3 Å². The minimum absolute atomic E-state index is 0. The van der Waals surface area contributed by atoms with Crippen LogP contribution in [0.1, 0.15) is 12.8 Å². The molecule has 1 fully saturated rings. The lowest BCUT2D eigenvalue weighted by atomic mass is 9.82. The van der Waals surface area contributed by atoms with E-state index in [9.17, 15) is 0 Å². The fourth-order valence-electron chi connectivity index (χ4n) is 0.798. The van der Waals surface area contributed by atoms with E-state index in [0.717, 1.165) is 12.8 Å². The molecule has 0 aliphatic heterocycles. The maximum Gasteiger partial charge on any atom is 0.0229 e. The maximum atomic E-state index is 5.45. The van der Waals surface area contributed by atoms with Crippen molar-refractivity contribution in [1.82, 2.24) is 0 Å². The van der Waals surface area contributed by atoms with Crippen LogP contribution in [0, 0.1) is 18.3 Å². The maximum absolute atomic E-state index is 5.45. The standard InChI is InChI=1S/C6H9N.ClH/c1-2-5-3-6(7)4-5;/h1,5-6H,3-4,7H2;1H/t5-,6-;. The molecule has 1 aliphatic rings. The molecule has 46 valence electrons. The third-order valence-corrected chi connectivity index (χ3v) is 1.41. The molecule has 0 unspecified atom stereocenters. The summed E-state index contributed by atoms with van der Waals surface area (Å²) in [6.07, 6.45) is 7.17. The molecule has 0 atom stereocenters. The zero-order chi connectivity index (χ0) is 5.28. The summed E-state index contributed by atoms with van der Waals surface area (Å²) < 4.78 is 0. The van der Waals surface area contributed by atoms with Crippen LogP contribution in [0.3, 0.4) is 0 Å². The number of halogens is 1. The number of nitrogens with two attached hydrogens (primary N) is 1. The first kappa shape index (κ1) is 7.81. The zero-order valence-electron chi connectivity index (χ0n) is 4.63. The Hall–Kier alpha value is -0.190. The predicted octanol–water partition coefficient (Wildman–Crippen LogP) is 0.779. The fraction of sp³-hybridized carbons (Fsp3) is 0.667. The van der Waals surface area contributed by atoms with Crippen LogP contribution in [-0.2, 0) is 0 Å². The van der Waals surface area contributed by atoms with Crippen molar-refractivity contribution < 1.29 is 0 Å². The molecule has 0 spiro atoms. The van der Waals surface area contributed by atoms with Gasteiger partial charge in [-0.05, 0) is 12.8 Å². The lowest BCUT2D eigenvalue weighted by Gasteiger charge is -2.27. The Bertz CT molecular complexity index is 99.6. The van der Waals surface area contributed by atoms with Gasteiger partial charge in [0.15, 0.2) is 0 Å². The van der Waals surface area contributed by atoms with E-state index in [1.807, 2.05) is 0 Å². The Morgan fingerprint density at radius 2 is 2.00 bits per heavy atom. The van der Waals surface area contributed by atoms with Crippen molar-refractivity contribution in [2.24, 2.45) is 11.7 Å². The first-order chi connectivity index (χ1) is 3.33. The lowest BCUT2D eigenvalue weighted by Crippen LogP contribution is -2.35. The van der Waals surface area contributed by atoms with Crippen LogP contribution in [-0.4, -0.2) is 6.04 Å². The molecule has 2 heteroatoms. The molecule has 0 heterocycles. The third kappa shape index (κ3) is 1.40. The normalized spacial score (nSPS) is 34.0. The second-order valence-corrected chi connectivity index (χ2v) is 2.10. The average molecular weight is 132 g/mol. The largest absolute Gasteiger partial charge is 0.328 e. The Morgan fingerprint density at radius 1 is 1.50 bits per heavy atom. The summed E-state index contributed by atoms with van der Waals surface area (Å²) in [5.74, 6) is 3.15. The molecule has 0 aromatic rings. The van der Waals surface area contributed by atoms with Crippen molar-refractivity contribution in [3.63, 3.8) is 0 Å². The monoisotopic (exact) mass is 131 g/mol. The Morgan fingerprint density at radius 3 is 2.12 bits per heavy atom. The number of terminal acetylenes is 1. The molecular formula is C6H10ClN. The fourth-order valence-corrected chi connectivity index (χ4v) is 0.798. The van der Waals surface area contributed by atoms with Gasteiger partial charge in [-0.25, -0.2) is 0 Å². The molecule has 8 heavy (non-hydrogen) atoms. The van der Waals surface area contributed by atoms with E-state index in [2.05, 4.69) is 5.92 Å². The van der Waals surface area contributed by atoms with Crippen LogP contribution in [0.2, 0.25) is 0 Å². The second-order valence-electron chi connectivity index (χ2n) is 2.10. The van der Waals surface area contributed by atoms with Gasteiger partial charge in [0.25, 0.3) is 0 Å². The molecule has 0 radical (unpaired) electrons. The molecule has 0 amide bonds. The van der Waals surface area contributed by atoms with Gasteiger partial charge in [-0.3, -0.25) is 0 Å². The van der Waals surface area contributed by atoms with E-state index < -0.39 is 0 Å². The topological polar surface area (TPSA) is 26.0 Å². The van der Waals surface area contributed by atoms with Gasteiger partial charge in [0.05, 0.1) is 0 Å². The summed E-state index contributed by atoms with van der Waals surface area (Å²) in [6.45, 7) is 0. The minimum Gasteiger partial charge on any atom is -0.328 e. The lowest BCUT2D eigenvalue weighted by molar-refractivity contribution is 0.335. The van der Waals surface area contributed by atoms with E-state index in [0.29, 0.717) is 12.0 Å². The van der Waals surface area contributed by atoms with Crippen molar-refractivity contribution >= 4 is 12.4 Å². The average Bonchev–Trinajstić information content (AvgIpc) is 1.58. The van der Waals surface area contributed by atoms with E-state index in [1.54, 1.807) is 0 Å². The van der Waals surface area contributed by atoms with E-state index >= 15 is 0 Å². The molecule has 1 aliphatic carbocycles. The Labute approximate surface area is 56.1 Å². The Balaban J connectivity index is 0.000000490. The summed E-state index contributed by atoms with van der Waals surface area (Å²) in [6, 6.07) is 0.404. The molecule has 0 bridgehead atoms. The van der Waals surface area contributed by atoms with Crippen LogP contribution < -0.4 is 5.73 Å². The van der Waals surface area contributed by atoms with Crippen LogP contribution in [0.5, 0.6) is 0 Å². The summed E-state index contributed by atoms with van der Waals surface area (Å²) in [5, 5.41) is 0. The van der Waals surface area contributed by atoms with Gasteiger partial charge in [-0.2, -0.15) is 0 Å². The van der Waals surface area contributed by atoms with Gasteiger partial charge in [0.1, 0.15) is 0 Å². The van der Waals surface area contributed by atoms with Crippen LogP contribution in [0.25, 0.3) is 0 Å². The van der Waals surface area contributed by atoms with E-state index in [-0.39, 0.29) is 12.4 Å². The van der Waals surface area contributed by atoms with Crippen molar-refractivity contribution in [2.45, 2.75) is 18.9 Å². The van der Waals surface area contributed by atoms with Crippen molar-refractivity contribution in [3.05, 3.63) is 0 Å². The van der Waals surface area contributed by atoms with Gasteiger partial charge >= 0.3 is 0 Å². The van der Waals surface area contributed by atoms with Crippen LogP contribution >= 0.6 is 12.4 Å².